The van der Waals surface area contributed by atoms with Gasteiger partial charge in [0.25, 0.3) is 0 Å². The fourth-order valence-corrected chi connectivity index (χ4v) is 3.37. The number of hydrogen-bond donors (Lipinski definition) is 0. The first-order chi connectivity index (χ1) is 11.5. The van der Waals surface area contributed by atoms with Crippen LogP contribution in [0.5, 0.6) is 11.5 Å². The van der Waals surface area contributed by atoms with Crippen LogP contribution < -0.4 is 9.47 Å². The molecule has 0 bridgehead atoms. The summed E-state index contributed by atoms with van der Waals surface area (Å²) in [6.45, 7) is 0. The molecule has 0 aliphatic heterocycles. The lowest BCUT2D eigenvalue weighted by atomic mass is 10.2. The third-order valence-electron chi connectivity index (χ3n) is 3.37. The van der Waals surface area contributed by atoms with Gasteiger partial charge >= 0.3 is 0 Å². The molecule has 0 unspecified atom stereocenters. The van der Waals surface area contributed by atoms with Gasteiger partial charge in [-0.1, -0.05) is 30.3 Å². The number of nitriles is 1. The van der Waals surface area contributed by atoms with Crippen LogP contribution in [0.2, 0.25) is 0 Å². The highest BCUT2D eigenvalue weighted by Crippen LogP contribution is 2.28. The highest BCUT2D eigenvalue weighted by molar-refractivity contribution is 7.95. The van der Waals surface area contributed by atoms with E-state index in [1.165, 1.54) is 20.3 Å². The zero-order valence-electron chi connectivity index (χ0n) is 13.4. The van der Waals surface area contributed by atoms with Crippen LogP contribution in [0, 0.1) is 11.3 Å². The molecule has 0 spiro atoms. The molecule has 0 saturated carbocycles. The number of allylic oxidation sites excluding steroid dienone is 1. The monoisotopic (exact) mass is 343 g/mol. The fourth-order valence-electron chi connectivity index (χ4n) is 2.14. The van der Waals surface area contributed by atoms with Crippen molar-refractivity contribution < 1.29 is 17.9 Å². The van der Waals surface area contributed by atoms with Crippen LogP contribution in [-0.2, 0) is 15.6 Å². The Hall–Kier alpha value is -2.78. The van der Waals surface area contributed by atoms with Gasteiger partial charge < -0.3 is 9.47 Å². The maximum absolute atomic E-state index is 12.5. The summed E-state index contributed by atoms with van der Waals surface area (Å²) in [5.74, 6) is 0.776. The Kier molecular flexibility index (Phi) is 5.61. The van der Waals surface area contributed by atoms with Crippen LogP contribution in [0.3, 0.4) is 0 Å². The van der Waals surface area contributed by atoms with Gasteiger partial charge in [-0.3, -0.25) is 0 Å². The second-order valence-electron chi connectivity index (χ2n) is 4.97. The van der Waals surface area contributed by atoms with E-state index in [-0.39, 0.29) is 10.7 Å². The molecule has 2 aromatic carbocycles. The summed E-state index contributed by atoms with van der Waals surface area (Å²) in [5.41, 5.74) is 1.12. The van der Waals surface area contributed by atoms with Gasteiger partial charge in [0, 0.05) is 11.6 Å². The van der Waals surface area contributed by atoms with E-state index in [2.05, 4.69) is 0 Å². The smallest absolute Gasteiger partial charge is 0.192 e. The molecule has 0 N–H and O–H groups in total. The Labute approximate surface area is 141 Å². The molecule has 0 heterocycles. The molecule has 124 valence electrons. The highest BCUT2D eigenvalue weighted by Gasteiger charge is 2.19. The van der Waals surface area contributed by atoms with Crippen LogP contribution in [0.15, 0.2) is 53.4 Å². The molecule has 24 heavy (non-hydrogen) atoms. The lowest BCUT2D eigenvalue weighted by Crippen LogP contribution is -2.06. The van der Waals surface area contributed by atoms with Crippen molar-refractivity contribution in [1.29, 1.82) is 5.26 Å². The largest absolute Gasteiger partial charge is 0.497 e. The zero-order valence-corrected chi connectivity index (χ0v) is 14.2. The van der Waals surface area contributed by atoms with Crippen molar-refractivity contribution in [1.82, 2.24) is 0 Å². The van der Waals surface area contributed by atoms with Crippen molar-refractivity contribution in [3.05, 3.63) is 64.6 Å². The van der Waals surface area contributed by atoms with E-state index in [0.29, 0.717) is 22.6 Å². The van der Waals surface area contributed by atoms with Gasteiger partial charge in [-0.25, -0.2) is 8.42 Å². The van der Waals surface area contributed by atoms with Gasteiger partial charge in [0.15, 0.2) is 9.84 Å². The van der Waals surface area contributed by atoms with Gasteiger partial charge in [0.1, 0.15) is 22.5 Å². The summed E-state index contributed by atoms with van der Waals surface area (Å²) >= 11 is 0. The average molecular weight is 343 g/mol. The third-order valence-corrected chi connectivity index (χ3v) is 4.96. The standard InChI is InChI=1S/C18H17NO4S/c1-22-16-9-8-15(18(11-16)23-2)10-17(12-19)24(20,21)13-14-6-4-3-5-7-14/h3-11H,13H2,1-2H3. The SMILES string of the molecule is COc1ccc(C=C(C#N)S(=O)(=O)Cc2ccccc2)c(OC)c1. The molecule has 2 aromatic rings. The maximum Gasteiger partial charge on any atom is 0.192 e. The second kappa shape index (κ2) is 7.66. The number of hydrogen-bond acceptors (Lipinski definition) is 5. The number of sulfone groups is 1. The van der Waals surface area contributed by atoms with E-state index in [1.807, 2.05) is 0 Å². The topological polar surface area (TPSA) is 76.4 Å². The van der Waals surface area contributed by atoms with Crippen LogP contribution in [-0.4, -0.2) is 22.6 Å². The molecule has 5 nitrogen and oxygen atoms in total. The van der Waals surface area contributed by atoms with Crippen LogP contribution in [0.1, 0.15) is 11.1 Å². The summed E-state index contributed by atoms with van der Waals surface area (Å²) in [7, 11) is -0.759. The molecule has 0 aliphatic rings. The minimum absolute atomic E-state index is 0.230. The van der Waals surface area contributed by atoms with E-state index in [4.69, 9.17) is 9.47 Å². The van der Waals surface area contributed by atoms with Crippen molar-refractivity contribution in [3.8, 4) is 17.6 Å². The van der Waals surface area contributed by atoms with Crippen molar-refractivity contribution in [2.24, 2.45) is 0 Å². The fraction of sp³-hybridized carbons (Fsp3) is 0.167. The Morgan fingerprint density at radius 2 is 1.83 bits per heavy atom. The molecular weight excluding hydrogens is 326 g/mol. The predicted octanol–water partition coefficient (Wildman–Crippen LogP) is 3.18. The van der Waals surface area contributed by atoms with Gasteiger partial charge in [0.05, 0.1) is 20.0 Å². The van der Waals surface area contributed by atoms with Gasteiger partial charge in [-0.2, -0.15) is 5.26 Å². The van der Waals surface area contributed by atoms with Crippen molar-refractivity contribution in [3.63, 3.8) is 0 Å². The minimum Gasteiger partial charge on any atom is -0.497 e. The van der Waals surface area contributed by atoms with Gasteiger partial charge in [-0.15, -0.1) is 0 Å². The Balaban J connectivity index is 2.40. The lowest BCUT2D eigenvalue weighted by molar-refractivity contribution is 0.394. The molecular formula is C18H17NO4S. The predicted molar refractivity (Wildman–Crippen MR) is 92.2 cm³/mol. The molecule has 0 amide bonds. The Bertz CT molecular complexity index is 881. The van der Waals surface area contributed by atoms with E-state index >= 15 is 0 Å². The van der Waals surface area contributed by atoms with Crippen molar-refractivity contribution >= 4 is 15.9 Å². The van der Waals surface area contributed by atoms with Crippen LogP contribution >= 0.6 is 0 Å². The molecule has 0 radical (unpaired) electrons. The summed E-state index contributed by atoms with van der Waals surface area (Å²) in [6, 6.07) is 15.5. The van der Waals surface area contributed by atoms with Crippen LogP contribution in [0.4, 0.5) is 0 Å². The molecule has 0 saturated heterocycles. The van der Waals surface area contributed by atoms with Gasteiger partial charge in [-0.05, 0) is 23.8 Å². The first kappa shape index (κ1) is 17.6. The molecule has 0 atom stereocenters. The van der Waals surface area contributed by atoms with Crippen LogP contribution in [0.25, 0.3) is 6.08 Å². The summed E-state index contributed by atoms with van der Waals surface area (Å²) in [6.07, 6.45) is 1.32. The summed E-state index contributed by atoms with van der Waals surface area (Å²) in [4.78, 5) is -0.310. The number of methoxy groups -OCH3 is 2. The highest BCUT2D eigenvalue weighted by atomic mass is 32.2. The summed E-state index contributed by atoms with van der Waals surface area (Å²) < 4.78 is 35.3. The third kappa shape index (κ3) is 4.15. The zero-order chi connectivity index (χ0) is 17.6. The Morgan fingerprint density at radius 1 is 1.12 bits per heavy atom. The molecule has 6 heteroatoms. The second-order valence-corrected chi connectivity index (χ2v) is 6.93. The first-order valence-electron chi connectivity index (χ1n) is 7.10. The number of benzene rings is 2. The minimum atomic E-state index is -3.75. The Morgan fingerprint density at radius 3 is 2.42 bits per heavy atom. The quantitative estimate of drug-likeness (QED) is 0.753. The van der Waals surface area contributed by atoms with Crippen molar-refractivity contribution in [2.45, 2.75) is 5.75 Å². The van der Waals surface area contributed by atoms with E-state index < -0.39 is 9.84 Å². The summed E-state index contributed by atoms with van der Waals surface area (Å²) in [5, 5.41) is 9.30. The van der Waals surface area contributed by atoms with Crippen molar-refractivity contribution in [2.75, 3.05) is 14.2 Å². The van der Waals surface area contributed by atoms with E-state index in [0.717, 1.165) is 0 Å². The number of ether oxygens (including phenoxy) is 2. The molecule has 0 aliphatic carbocycles. The lowest BCUT2D eigenvalue weighted by Gasteiger charge is -2.08. The molecule has 0 fully saturated rings. The normalized spacial score (nSPS) is 11.6. The first-order valence-corrected chi connectivity index (χ1v) is 8.76. The number of rotatable bonds is 6. The number of nitrogens with zero attached hydrogens (tertiary/aromatic N) is 1. The van der Waals surface area contributed by atoms with Gasteiger partial charge in [0.2, 0.25) is 0 Å². The molecule has 0 aromatic heterocycles. The maximum atomic E-state index is 12.5. The molecule has 2 rings (SSSR count). The van der Waals surface area contributed by atoms with E-state index in [9.17, 15) is 13.7 Å². The average Bonchev–Trinajstić information content (AvgIpc) is 2.59. The van der Waals surface area contributed by atoms with E-state index in [1.54, 1.807) is 54.6 Å².